The van der Waals surface area contributed by atoms with Gasteiger partial charge in [0.1, 0.15) is 0 Å². The second kappa shape index (κ2) is 6.19. The number of fused-ring (bicyclic) bond motifs is 1. The third-order valence-corrected chi connectivity index (χ3v) is 3.50. The normalized spacial score (nSPS) is 10.9. The summed E-state index contributed by atoms with van der Waals surface area (Å²) in [4.78, 5) is 24.0. The van der Waals surface area contributed by atoms with E-state index >= 15 is 0 Å². The molecule has 106 valence electrons. The van der Waals surface area contributed by atoms with Crippen LogP contribution in [0.5, 0.6) is 0 Å². The molecule has 3 rings (SSSR count). The standard InChI is InChI=1S/C20H14O2/c21-19(20(22)17-8-2-1-3-9-17)14-13-16-11-6-10-15-7-4-5-12-18(15)16/h1-14H/b14-13+. The van der Waals surface area contributed by atoms with Gasteiger partial charge in [-0.05, 0) is 22.4 Å². The fraction of sp³-hybridized carbons (Fsp3) is 0. The molecule has 2 nitrogen and oxygen atoms in total. The molecule has 0 amide bonds. The van der Waals surface area contributed by atoms with E-state index in [1.54, 1.807) is 30.3 Å². The Kier molecular flexibility index (Phi) is 3.92. The van der Waals surface area contributed by atoms with Gasteiger partial charge >= 0.3 is 0 Å². The minimum absolute atomic E-state index is 0.412. The lowest BCUT2D eigenvalue weighted by molar-refractivity contribution is -0.110. The number of allylic oxidation sites excluding steroid dienone is 1. The van der Waals surface area contributed by atoms with E-state index in [9.17, 15) is 9.59 Å². The third-order valence-electron chi connectivity index (χ3n) is 3.50. The summed E-state index contributed by atoms with van der Waals surface area (Å²) in [6.07, 6.45) is 3.04. The Balaban J connectivity index is 1.87. The lowest BCUT2D eigenvalue weighted by atomic mass is 10.0. The van der Waals surface area contributed by atoms with E-state index < -0.39 is 11.6 Å². The average Bonchev–Trinajstić information content (AvgIpc) is 2.59. The van der Waals surface area contributed by atoms with Gasteiger partial charge < -0.3 is 0 Å². The molecule has 0 atom stereocenters. The zero-order valence-electron chi connectivity index (χ0n) is 11.9. The molecule has 0 aliphatic carbocycles. The van der Waals surface area contributed by atoms with Crippen LogP contribution in [0.15, 0.2) is 78.9 Å². The number of Topliss-reactive ketones (excluding diaryl/α,β-unsaturated/α-hetero) is 1. The summed E-state index contributed by atoms with van der Waals surface area (Å²) in [6, 6.07) is 22.4. The van der Waals surface area contributed by atoms with Crippen molar-refractivity contribution in [2.75, 3.05) is 0 Å². The van der Waals surface area contributed by atoms with Gasteiger partial charge in [0.2, 0.25) is 11.6 Å². The van der Waals surface area contributed by atoms with Gasteiger partial charge in [0.25, 0.3) is 0 Å². The van der Waals surface area contributed by atoms with Crippen LogP contribution in [0.2, 0.25) is 0 Å². The maximum atomic E-state index is 12.0. The number of rotatable bonds is 4. The summed E-state index contributed by atoms with van der Waals surface area (Å²) in [5, 5.41) is 2.16. The first-order chi connectivity index (χ1) is 10.8. The molecule has 3 aromatic carbocycles. The van der Waals surface area contributed by atoms with Crippen LogP contribution in [0.25, 0.3) is 16.8 Å². The van der Waals surface area contributed by atoms with Crippen LogP contribution in [0.4, 0.5) is 0 Å². The third kappa shape index (κ3) is 2.86. The van der Waals surface area contributed by atoms with Crippen molar-refractivity contribution in [1.29, 1.82) is 0 Å². The minimum Gasteiger partial charge on any atom is -0.286 e. The van der Waals surface area contributed by atoms with Crippen molar-refractivity contribution < 1.29 is 9.59 Å². The van der Waals surface area contributed by atoms with Crippen LogP contribution in [0.1, 0.15) is 15.9 Å². The van der Waals surface area contributed by atoms with E-state index in [0.717, 1.165) is 16.3 Å². The highest BCUT2D eigenvalue weighted by molar-refractivity contribution is 6.48. The topological polar surface area (TPSA) is 34.1 Å². The number of carbonyl (C=O) groups excluding carboxylic acids is 2. The first-order valence-electron chi connectivity index (χ1n) is 7.05. The van der Waals surface area contributed by atoms with Gasteiger partial charge in [-0.3, -0.25) is 9.59 Å². The average molecular weight is 286 g/mol. The molecular weight excluding hydrogens is 272 g/mol. The molecule has 0 saturated carbocycles. The molecule has 0 spiro atoms. The van der Waals surface area contributed by atoms with E-state index in [2.05, 4.69) is 0 Å². The van der Waals surface area contributed by atoms with Crippen molar-refractivity contribution in [3.05, 3.63) is 90.0 Å². The SMILES string of the molecule is O=C(/C=C/c1cccc2ccccc12)C(=O)c1ccccc1. The molecule has 0 fully saturated rings. The van der Waals surface area contributed by atoms with Gasteiger partial charge in [0.15, 0.2) is 0 Å². The largest absolute Gasteiger partial charge is 0.286 e. The molecule has 0 heterocycles. The Morgan fingerprint density at radius 2 is 1.41 bits per heavy atom. The van der Waals surface area contributed by atoms with Gasteiger partial charge in [-0.1, -0.05) is 78.9 Å². The van der Waals surface area contributed by atoms with Crippen molar-refractivity contribution in [2.45, 2.75) is 0 Å². The molecule has 0 aromatic heterocycles. The molecule has 0 aliphatic heterocycles. The van der Waals surface area contributed by atoms with Crippen LogP contribution in [-0.2, 0) is 4.79 Å². The number of hydrogen-bond donors (Lipinski definition) is 0. The van der Waals surface area contributed by atoms with Crippen molar-refractivity contribution >= 4 is 28.4 Å². The van der Waals surface area contributed by atoms with Gasteiger partial charge in [-0.15, -0.1) is 0 Å². The molecule has 0 unspecified atom stereocenters. The van der Waals surface area contributed by atoms with E-state index in [1.165, 1.54) is 6.08 Å². The molecule has 3 aromatic rings. The highest BCUT2D eigenvalue weighted by atomic mass is 16.2. The second-order valence-electron chi connectivity index (χ2n) is 4.96. The van der Waals surface area contributed by atoms with Crippen molar-refractivity contribution in [3.8, 4) is 0 Å². The summed E-state index contributed by atoms with van der Waals surface area (Å²) in [6.45, 7) is 0. The van der Waals surface area contributed by atoms with Gasteiger partial charge in [0.05, 0.1) is 0 Å². The molecule has 0 saturated heterocycles. The lowest BCUT2D eigenvalue weighted by Gasteiger charge is -2.01. The Hall–Kier alpha value is -3.00. The summed E-state index contributed by atoms with van der Waals surface area (Å²) in [7, 11) is 0. The highest BCUT2D eigenvalue weighted by Crippen LogP contribution is 2.19. The second-order valence-corrected chi connectivity index (χ2v) is 4.96. The monoisotopic (exact) mass is 286 g/mol. The Morgan fingerprint density at radius 1 is 0.727 bits per heavy atom. The van der Waals surface area contributed by atoms with Crippen LogP contribution in [0.3, 0.4) is 0 Å². The maximum absolute atomic E-state index is 12.0. The first-order valence-corrected chi connectivity index (χ1v) is 7.05. The number of hydrogen-bond acceptors (Lipinski definition) is 2. The van der Waals surface area contributed by atoms with Crippen molar-refractivity contribution in [3.63, 3.8) is 0 Å². The van der Waals surface area contributed by atoms with Gasteiger partial charge in [0, 0.05) is 5.56 Å². The maximum Gasteiger partial charge on any atom is 0.232 e. The quantitative estimate of drug-likeness (QED) is 0.407. The van der Waals surface area contributed by atoms with Crippen molar-refractivity contribution in [1.82, 2.24) is 0 Å². The highest BCUT2D eigenvalue weighted by Gasteiger charge is 2.12. The Morgan fingerprint density at radius 3 is 2.23 bits per heavy atom. The summed E-state index contributed by atoms with van der Waals surface area (Å²) in [5.74, 6) is -1.00. The number of ketones is 2. The minimum atomic E-state index is -0.515. The van der Waals surface area contributed by atoms with Crippen molar-refractivity contribution in [2.24, 2.45) is 0 Å². The molecule has 0 radical (unpaired) electrons. The molecule has 2 heteroatoms. The summed E-state index contributed by atoms with van der Waals surface area (Å²) in [5.41, 5.74) is 1.34. The van der Waals surface area contributed by atoms with E-state index in [-0.39, 0.29) is 0 Å². The van der Waals surface area contributed by atoms with Crippen LogP contribution in [0, 0.1) is 0 Å². The zero-order chi connectivity index (χ0) is 15.4. The Labute approximate surface area is 128 Å². The molecule has 22 heavy (non-hydrogen) atoms. The van der Waals surface area contributed by atoms with Crippen LogP contribution >= 0.6 is 0 Å². The molecule has 0 N–H and O–H groups in total. The van der Waals surface area contributed by atoms with E-state index in [1.807, 2.05) is 48.5 Å². The lowest BCUT2D eigenvalue weighted by Crippen LogP contribution is -2.10. The van der Waals surface area contributed by atoms with Gasteiger partial charge in [-0.2, -0.15) is 0 Å². The van der Waals surface area contributed by atoms with Crippen LogP contribution < -0.4 is 0 Å². The number of carbonyl (C=O) groups is 2. The molecule has 0 aliphatic rings. The van der Waals surface area contributed by atoms with Gasteiger partial charge in [-0.25, -0.2) is 0 Å². The summed E-state index contributed by atoms with van der Waals surface area (Å²) < 4.78 is 0. The fourth-order valence-electron chi connectivity index (χ4n) is 2.37. The number of benzene rings is 3. The Bertz CT molecular complexity index is 856. The molecule has 0 bridgehead atoms. The smallest absolute Gasteiger partial charge is 0.232 e. The van der Waals surface area contributed by atoms with E-state index in [0.29, 0.717) is 5.56 Å². The van der Waals surface area contributed by atoms with Crippen LogP contribution in [-0.4, -0.2) is 11.6 Å². The summed E-state index contributed by atoms with van der Waals surface area (Å²) >= 11 is 0. The predicted molar refractivity (Wildman–Crippen MR) is 88.8 cm³/mol. The molecular formula is C20H14O2. The van der Waals surface area contributed by atoms with E-state index in [4.69, 9.17) is 0 Å². The zero-order valence-corrected chi connectivity index (χ0v) is 11.9. The fourth-order valence-corrected chi connectivity index (χ4v) is 2.37. The predicted octanol–water partition coefficient (Wildman–Crippen LogP) is 4.31. The first kappa shape index (κ1) is 14.0.